The Morgan fingerprint density at radius 3 is 2.77 bits per heavy atom. The minimum atomic E-state index is -4.72. The van der Waals surface area contributed by atoms with Gasteiger partial charge in [0.25, 0.3) is 10.0 Å². The molecule has 3 N–H and O–H groups in total. The monoisotopic (exact) mass is 421 g/mol. The topological polar surface area (TPSA) is 131 Å². The summed E-state index contributed by atoms with van der Waals surface area (Å²) in [6, 6.07) is 6.61. The molecule has 26 heavy (non-hydrogen) atoms. The van der Waals surface area contributed by atoms with Gasteiger partial charge in [-0.2, -0.15) is 0 Å². The van der Waals surface area contributed by atoms with Gasteiger partial charge in [0, 0.05) is 4.70 Å². The van der Waals surface area contributed by atoms with Crippen LogP contribution in [0.2, 0.25) is 0 Å². The molecule has 0 fully saturated rings. The van der Waals surface area contributed by atoms with Crippen molar-refractivity contribution >= 4 is 45.4 Å². The number of ether oxygens (including phenoxy) is 1. The molecule has 9 nitrogen and oxygen atoms in total. The smallest absolute Gasteiger partial charge is 0.250 e. The van der Waals surface area contributed by atoms with E-state index in [-0.39, 0.29) is 4.21 Å². The van der Waals surface area contributed by atoms with Crippen molar-refractivity contribution in [1.29, 1.82) is 0 Å². The Morgan fingerprint density at radius 2 is 2.12 bits per heavy atom. The van der Waals surface area contributed by atoms with Crippen LogP contribution in [0, 0.1) is 0 Å². The highest BCUT2D eigenvalue weighted by Gasteiger charge is 2.19. The van der Waals surface area contributed by atoms with Crippen molar-refractivity contribution in [3.63, 3.8) is 0 Å². The maximum Gasteiger partial charge on any atom is 0.250 e. The summed E-state index contributed by atoms with van der Waals surface area (Å²) in [6.45, 7) is 1.04. The minimum Gasteiger partial charge on any atom is -0.778 e. The van der Waals surface area contributed by atoms with Gasteiger partial charge < -0.3 is 19.1 Å². The summed E-state index contributed by atoms with van der Waals surface area (Å²) in [5.41, 5.74) is 0. The number of benzene rings is 1. The second kappa shape index (κ2) is 8.47. The van der Waals surface area contributed by atoms with Crippen molar-refractivity contribution in [2.45, 2.75) is 4.21 Å². The van der Waals surface area contributed by atoms with Gasteiger partial charge in [0.2, 0.25) is 6.34 Å². The molecule has 2 rings (SSSR count). The first kappa shape index (κ1) is 20.8. The van der Waals surface area contributed by atoms with Gasteiger partial charge in [0.15, 0.2) is 0 Å². The third kappa shape index (κ3) is 6.35. The van der Waals surface area contributed by atoms with E-state index in [0.29, 0.717) is 29.0 Å². The molecular formula is C14H20N3O6PS2. The zero-order valence-corrected chi connectivity index (χ0v) is 16.7. The molecule has 0 bridgehead atoms. The standard InChI is InChI=1S/C14H20N3O6PS2/c1-17(2)9-15-5-6-23-12-3-4-13-11(7-12)8-14(25-13)26(21,22)16-10-24(18,19)20/h3-4,7-9,16H,5-6,10H2,1-2H3,(H2,18,19,20). The fraction of sp³-hybridized carbons (Fsp3) is 0.357. The van der Waals surface area contributed by atoms with Crippen molar-refractivity contribution < 1.29 is 32.1 Å². The first-order chi connectivity index (χ1) is 12.1. The second-order valence-electron chi connectivity index (χ2n) is 5.60. The Bertz CT molecular complexity index is 947. The van der Waals surface area contributed by atoms with Crippen LogP contribution in [-0.4, -0.2) is 57.8 Å². The lowest BCUT2D eigenvalue weighted by atomic mass is 10.2. The summed E-state index contributed by atoms with van der Waals surface area (Å²) in [6.07, 6.45) is 0.762. The van der Waals surface area contributed by atoms with E-state index in [0.717, 1.165) is 11.3 Å². The Labute approximate surface area is 155 Å². The fourth-order valence-electron chi connectivity index (χ4n) is 1.93. The Morgan fingerprint density at radius 1 is 1.38 bits per heavy atom. The molecule has 1 atom stereocenters. The predicted molar refractivity (Wildman–Crippen MR) is 98.5 cm³/mol. The van der Waals surface area contributed by atoms with E-state index >= 15 is 0 Å². The average Bonchev–Trinajstić information content (AvgIpc) is 2.96. The van der Waals surface area contributed by atoms with Gasteiger partial charge in [-0.1, -0.05) is 0 Å². The first-order valence-electron chi connectivity index (χ1n) is 7.49. The van der Waals surface area contributed by atoms with Crippen LogP contribution >= 0.6 is 18.9 Å². The SMILES string of the molecule is C[N+](C)=CNCCOc1ccc2sc(S(=O)(=O)NCP(=O)([O-])O)cc2c1. The zero-order chi connectivity index (χ0) is 19.4. The van der Waals surface area contributed by atoms with E-state index in [1.807, 2.05) is 29.7 Å². The van der Waals surface area contributed by atoms with Gasteiger partial charge in [-0.05, 0) is 29.7 Å². The van der Waals surface area contributed by atoms with E-state index in [1.54, 1.807) is 18.2 Å². The molecule has 0 aliphatic heterocycles. The van der Waals surface area contributed by atoms with E-state index in [9.17, 15) is 17.9 Å². The lowest BCUT2D eigenvalue weighted by Gasteiger charge is -2.15. The van der Waals surface area contributed by atoms with Crippen molar-refractivity contribution in [1.82, 2.24) is 10.0 Å². The number of hydrogen-bond donors (Lipinski definition) is 3. The Kier molecular flexibility index (Phi) is 6.78. The lowest BCUT2D eigenvalue weighted by Crippen LogP contribution is -2.26. The van der Waals surface area contributed by atoms with E-state index < -0.39 is 23.9 Å². The summed E-state index contributed by atoms with van der Waals surface area (Å²) >= 11 is 0.996. The van der Waals surface area contributed by atoms with Gasteiger partial charge in [-0.3, -0.25) is 9.89 Å². The quantitative estimate of drug-likeness (QED) is 0.170. The molecule has 0 amide bonds. The number of sulfonamides is 1. The number of nitrogens with one attached hydrogen (secondary N) is 2. The summed E-state index contributed by atoms with van der Waals surface area (Å²) < 4.78 is 45.0. The fourth-order valence-corrected chi connectivity index (χ4v) is 5.35. The zero-order valence-electron chi connectivity index (χ0n) is 14.2. The molecule has 0 aliphatic carbocycles. The average molecular weight is 421 g/mol. The molecule has 144 valence electrons. The first-order valence-corrected chi connectivity index (χ1v) is 11.6. The largest absolute Gasteiger partial charge is 0.778 e. The molecule has 0 spiro atoms. The van der Waals surface area contributed by atoms with Gasteiger partial charge in [-0.25, -0.2) is 13.1 Å². The van der Waals surface area contributed by atoms with Crippen LogP contribution in [0.15, 0.2) is 28.5 Å². The van der Waals surface area contributed by atoms with Crippen LogP contribution in [0.25, 0.3) is 10.1 Å². The van der Waals surface area contributed by atoms with Crippen molar-refractivity contribution in [3.8, 4) is 5.75 Å². The summed E-state index contributed by atoms with van der Waals surface area (Å²) in [5.74, 6) is 0.596. The number of hydrogen-bond acceptors (Lipinski definition) is 6. The highest BCUT2D eigenvalue weighted by atomic mass is 32.2. The van der Waals surface area contributed by atoms with Crippen molar-refractivity contribution in [2.75, 3.05) is 33.5 Å². The molecular weight excluding hydrogens is 401 g/mol. The molecule has 0 aliphatic rings. The summed E-state index contributed by atoms with van der Waals surface area (Å²) in [4.78, 5) is 19.4. The number of thiophene rings is 1. The number of rotatable bonds is 9. The van der Waals surface area contributed by atoms with Gasteiger partial charge in [-0.15, -0.1) is 11.3 Å². The highest BCUT2D eigenvalue weighted by molar-refractivity contribution is 7.92. The third-order valence-corrected chi connectivity index (χ3v) is 6.81. The molecule has 2 aromatic rings. The van der Waals surface area contributed by atoms with Gasteiger partial charge in [0.05, 0.1) is 20.4 Å². The molecule has 0 saturated heterocycles. The minimum absolute atomic E-state index is 0.0413. The normalized spacial score (nSPS) is 14.0. The van der Waals surface area contributed by atoms with E-state index in [1.165, 1.54) is 6.07 Å². The molecule has 1 unspecified atom stereocenters. The maximum absolute atomic E-state index is 12.1. The molecule has 0 radical (unpaired) electrons. The molecule has 1 heterocycles. The highest BCUT2D eigenvalue weighted by Crippen LogP contribution is 2.33. The lowest BCUT2D eigenvalue weighted by molar-refractivity contribution is -0.461. The van der Waals surface area contributed by atoms with E-state index in [2.05, 4.69) is 5.32 Å². The van der Waals surface area contributed by atoms with Crippen molar-refractivity contribution in [2.24, 2.45) is 0 Å². The number of fused-ring (bicyclic) bond motifs is 1. The van der Waals surface area contributed by atoms with E-state index in [4.69, 9.17) is 9.63 Å². The van der Waals surface area contributed by atoms with Crippen LogP contribution in [0.5, 0.6) is 5.75 Å². The predicted octanol–water partition coefficient (Wildman–Crippen LogP) is -0.0484. The molecule has 1 aromatic heterocycles. The molecule has 0 saturated carbocycles. The van der Waals surface area contributed by atoms with Crippen LogP contribution < -0.4 is 19.7 Å². The molecule has 12 heteroatoms. The Balaban J connectivity index is 2.06. The summed E-state index contributed by atoms with van der Waals surface area (Å²) in [7, 11) is -4.94. The third-order valence-electron chi connectivity index (χ3n) is 3.05. The Hall–Kier alpha value is -1.49. The van der Waals surface area contributed by atoms with Crippen LogP contribution in [0.1, 0.15) is 0 Å². The van der Waals surface area contributed by atoms with Crippen molar-refractivity contribution in [3.05, 3.63) is 24.3 Å². The van der Waals surface area contributed by atoms with Crippen LogP contribution in [0.4, 0.5) is 0 Å². The van der Waals surface area contributed by atoms with Gasteiger partial charge >= 0.3 is 0 Å². The van der Waals surface area contributed by atoms with Crippen LogP contribution in [0.3, 0.4) is 0 Å². The second-order valence-corrected chi connectivity index (χ2v) is 10.3. The maximum atomic E-state index is 12.1. The number of nitrogens with zero attached hydrogens (tertiary/aromatic N) is 1. The molecule has 1 aromatic carbocycles. The summed E-state index contributed by atoms with van der Waals surface area (Å²) in [5, 5.41) is 3.73. The van der Waals surface area contributed by atoms with Gasteiger partial charge in [0.1, 0.15) is 30.7 Å². The van der Waals surface area contributed by atoms with Crippen LogP contribution in [-0.2, 0) is 14.6 Å².